The fourth-order valence-electron chi connectivity index (χ4n) is 3.96. The molecule has 0 saturated carbocycles. The Labute approximate surface area is 170 Å². The summed E-state index contributed by atoms with van der Waals surface area (Å²) < 4.78 is 1.75. The van der Waals surface area contributed by atoms with Crippen molar-refractivity contribution in [2.75, 3.05) is 19.6 Å². The number of nitrogens with one attached hydrogen (secondary N) is 1. The molecule has 1 aliphatic rings. The van der Waals surface area contributed by atoms with Crippen LogP contribution in [0, 0.1) is 0 Å². The van der Waals surface area contributed by atoms with E-state index in [0.717, 1.165) is 30.6 Å². The maximum atomic E-state index is 13.1. The smallest absolute Gasteiger partial charge is 0.225 e. The molecule has 1 N–H and O–H groups in total. The molecule has 1 aromatic heterocycles. The highest BCUT2D eigenvalue weighted by Crippen LogP contribution is 2.24. The highest BCUT2D eigenvalue weighted by Gasteiger charge is 2.27. The number of fused-ring (bicyclic) bond motifs is 1. The summed E-state index contributed by atoms with van der Waals surface area (Å²) in [6, 6.07) is 16.0. The van der Waals surface area contributed by atoms with Crippen molar-refractivity contribution >= 4 is 16.8 Å². The van der Waals surface area contributed by atoms with Gasteiger partial charge in [0.05, 0.1) is 24.3 Å². The molecule has 1 saturated heterocycles. The van der Waals surface area contributed by atoms with Gasteiger partial charge in [0.25, 0.3) is 0 Å². The summed E-state index contributed by atoms with van der Waals surface area (Å²) >= 11 is 0. The van der Waals surface area contributed by atoms with E-state index in [1.54, 1.807) is 10.7 Å². The van der Waals surface area contributed by atoms with Crippen LogP contribution >= 0.6 is 0 Å². The van der Waals surface area contributed by atoms with Crippen LogP contribution in [0.1, 0.15) is 30.5 Å². The van der Waals surface area contributed by atoms with E-state index in [-0.39, 0.29) is 17.4 Å². The second kappa shape index (κ2) is 8.57. The lowest BCUT2D eigenvalue weighted by atomic mass is 10.0. The van der Waals surface area contributed by atoms with Crippen molar-refractivity contribution < 1.29 is 4.79 Å². The summed E-state index contributed by atoms with van der Waals surface area (Å²) in [5.41, 5.74) is 3.13. The topological polar surface area (TPSA) is 67.2 Å². The van der Waals surface area contributed by atoms with E-state index in [1.807, 2.05) is 23.1 Å². The molecule has 6 nitrogen and oxygen atoms in total. The number of rotatable bonds is 5. The Morgan fingerprint density at radius 1 is 1.17 bits per heavy atom. The first kappa shape index (κ1) is 19.3. The number of hydrogen-bond acceptors (Lipinski definition) is 4. The maximum absolute atomic E-state index is 13.1. The zero-order valence-corrected chi connectivity index (χ0v) is 16.7. The summed E-state index contributed by atoms with van der Waals surface area (Å²) in [7, 11) is 0. The third-order valence-electron chi connectivity index (χ3n) is 5.64. The highest BCUT2D eigenvalue weighted by atomic mass is 16.2. The van der Waals surface area contributed by atoms with Gasteiger partial charge in [0.1, 0.15) is 0 Å². The Balaban J connectivity index is 1.51. The van der Waals surface area contributed by atoms with Crippen LogP contribution in [-0.4, -0.2) is 40.2 Å². The second-order valence-corrected chi connectivity index (χ2v) is 7.40. The van der Waals surface area contributed by atoms with Crippen LogP contribution in [-0.2, 0) is 17.8 Å². The average Bonchev–Trinajstić information content (AvgIpc) is 2.79. The first-order valence-electron chi connectivity index (χ1n) is 10.2. The van der Waals surface area contributed by atoms with Crippen LogP contribution in [0.2, 0.25) is 0 Å². The highest BCUT2D eigenvalue weighted by molar-refractivity contribution is 5.79. The molecule has 4 rings (SSSR count). The molecule has 1 aliphatic heterocycles. The van der Waals surface area contributed by atoms with E-state index in [1.165, 1.54) is 11.8 Å². The number of nitrogens with zero attached hydrogens (tertiary/aromatic N) is 3. The molecule has 0 aliphatic carbocycles. The molecule has 1 unspecified atom stereocenters. The van der Waals surface area contributed by atoms with Gasteiger partial charge in [-0.25, -0.2) is 0 Å². The van der Waals surface area contributed by atoms with E-state index in [0.29, 0.717) is 24.9 Å². The lowest BCUT2D eigenvalue weighted by molar-refractivity contribution is -0.134. The standard InChI is InChI=1S/C23H26N4O2/c1-2-17-7-9-18(10-8-17)21-15-24-12-14-26(21)23(29)11-13-27-20-6-4-3-5-19(20)22(28)16-25-27/h3-10,16,21,24H,2,11-15H2,1H3. The molecule has 1 amide bonds. The van der Waals surface area contributed by atoms with Crippen LogP contribution < -0.4 is 10.7 Å². The average molecular weight is 390 g/mol. The molecule has 3 aromatic rings. The molecular formula is C23H26N4O2. The summed E-state index contributed by atoms with van der Waals surface area (Å²) in [6.45, 7) is 4.84. The van der Waals surface area contributed by atoms with Gasteiger partial charge in [0.2, 0.25) is 11.3 Å². The van der Waals surface area contributed by atoms with Gasteiger partial charge in [-0.3, -0.25) is 14.3 Å². The maximum Gasteiger partial charge on any atom is 0.225 e. The molecule has 1 fully saturated rings. The van der Waals surface area contributed by atoms with Crippen molar-refractivity contribution in [2.24, 2.45) is 0 Å². The summed E-state index contributed by atoms with van der Waals surface area (Å²) in [5.74, 6) is 0.112. The predicted octanol–water partition coefficient (Wildman–Crippen LogP) is 2.52. The third-order valence-corrected chi connectivity index (χ3v) is 5.64. The molecular weight excluding hydrogens is 364 g/mol. The third kappa shape index (κ3) is 4.07. The van der Waals surface area contributed by atoms with Crippen molar-refractivity contribution in [2.45, 2.75) is 32.4 Å². The summed E-state index contributed by atoms with van der Waals surface area (Å²) in [5, 5.41) is 8.28. The minimum atomic E-state index is -0.0964. The largest absolute Gasteiger partial charge is 0.333 e. The van der Waals surface area contributed by atoms with E-state index in [2.05, 4.69) is 41.6 Å². The molecule has 1 atom stereocenters. The van der Waals surface area contributed by atoms with Crippen LogP contribution in [0.4, 0.5) is 0 Å². The number of para-hydroxylation sites is 1. The SMILES string of the molecule is CCc1ccc(C2CNCCN2C(=O)CCn2ncc(=O)c3ccccc32)cc1. The number of benzene rings is 2. The zero-order chi connectivity index (χ0) is 20.2. The molecule has 2 heterocycles. The fourth-order valence-corrected chi connectivity index (χ4v) is 3.96. The minimum absolute atomic E-state index is 0.0425. The lowest BCUT2D eigenvalue weighted by Gasteiger charge is -2.36. The van der Waals surface area contributed by atoms with Crippen LogP contribution in [0.5, 0.6) is 0 Å². The summed E-state index contributed by atoms with van der Waals surface area (Å²) in [4.78, 5) is 27.1. The van der Waals surface area contributed by atoms with E-state index in [4.69, 9.17) is 0 Å². The van der Waals surface area contributed by atoms with Crippen LogP contribution in [0.15, 0.2) is 59.5 Å². The normalized spacial score (nSPS) is 16.9. The van der Waals surface area contributed by atoms with Gasteiger partial charge in [-0.1, -0.05) is 43.3 Å². The first-order chi connectivity index (χ1) is 14.2. The first-order valence-corrected chi connectivity index (χ1v) is 10.2. The van der Waals surface area contributed by atoms with Gasteiger partial charge < -0.3 is 10.2 Å². The predicted molar refractivity (Wildman–Crippen MR) is 114 cm³/mol. The molecule has 0 spiro atoms. The number of aryl methyl sites for hydroxylation is 2. The van der Waals surface area contributed by atoms with E-state index >= 15 is 0 Å². The van der Waals surface area contributed by atoms with Gasteiger partial charge in [-0.2, -0.15) is 5.10 Å². The van der Waals surface area contributed by atoms with Crippen LogP contribution in [0.25, 0.3) is 10.9 Å². The molecule has 2 aromatic carbocycles. The molecule has 29 heavy (non-hydrogen) atoms. The van der Waals surface area contributed by atoms with Crippen molar-refractivity contribution in [1.82, 2.24) is 20.0 Å². The number of amides is 1. The molecule has 0 bridgehead atoms. The fraction of sp³-hybridized carbons (Fsp3) is 0.348. The Morgan fingerprint density at radius 2 is 1.97 bits per heavy atom. The van der Waals surface area contributed by atoms with Gasteiger partial charge >= 0.3 is 0 Å². The van der Waals surface area contributed by atoms with Crippen LogP contribution in [0.3, 0.4) is 0 Å². The van der Waals surface area contributed by atoms with Crippen molar-refractivity contribution in [1.29, 1.82) is 0 Å². The Bertz CT molecular complexity index is 1060. The van der Waals surface area contributed by atoms with E-state index in [9.17, 15) is 9.59 Å². The Morgan fingerprint density at radius 3 is 2.76 bits per heavy atom. The number of carbonyl (C=O) groups excluding carboxylic acids is 1. The van der Waals surface area contributed by atoms with Crippen molar-refractivity contribution in [3.05, 3.63) is 76.1 Å². The van der Waals surface area contributed by atoms with Gasteiger partial charge in [-0.05, 0) is 29.7 Å². The number of hydrogen-bond donors (Lipinski definition) is 1. The quantitative estimate of drug-likeness (QED) is 0.727. The minimum Gasteiger partial charge on any atom is -0.333 e. The summed E-state index contributed by atoms with van der Waals surface area (Å²) in [6.07, 6.45) is 2.69. The number of piperazine rings is 1. The number of aromatic nitrogens is 2. The van der Waals surface area contributed by atoms with Crippen molar-refractivity contribution in [3.63, 3.8) is 0 Å². The van der Waals surface area contributed by atoms with Crippen molar-refractivity contribution in [3.8, 4) is 0 Å². The van der Waals surface area contributed by atoms with Gasteiger partial charge in [0.15, 0.2) is 0 Å². The number of carbonyl (C=O) groups is 1. The Kier molecular flexibility index (Phi) is 5.71. The monoisotopic (exact) mass is 390 g/mol. The van der Waals surface area contributed by atoms with Gasteiger partial charge in [-0.15, -0.1) is 0 Å². The Hall–Kier alpha value is -2.99. The lowest BCUT2D eigenvalue weighted by Crippen LogP contribution is -2.48. The molecule has 0 radical (unpaired) electrons. The molecule has 150 valence electrons. The van der Waals surface area contributed by atoms with Gasteiger partial charge in [0, 0.05) is 31.4 Å². The van der Waals surface area contributed by atoms with E-state index < -0.39 is 0 Å². The molecule has 6 heteroatoms. The zero-order valence-electron chi connectivity index (χ0n) is 16.7. The second-order valence-electron chi connectivity index (χ2n) is 7.40.